The number of likely N-dealkylation sites (tertiary alicyclic amines) is 1. The van der Waals surface area contributed by atoms with E-state index >= 15 is 0 Å². The van der Waals surface area contributed by atoms with E-state index in [4.69, 9.17) is 14.5 Å². The van der Waals surface area contributed by atoms with E-state index in [0.717, 1.165) is 35.4 Å². The maximum Gasteiger partial charge on any atom is 0.261 e. The summed E-state index contributed by atoms with van der Waals surface area (Å²) in [6, 6.07) is 9.78. The van der Waals surface area contributed by atoms with Gasteiger partial charge in [-0.05, 0) is 51.0 Å². The molecule has 3 heterocycles. The first-order chi connectivity index (χ1) is 15.0. The zero-order valence-electron chi connectivity index (χ0n) is 18.4. The van der Waals surface area contributed by atoms with Gasteiger partial charge in [-0.2, -0.15) is 5.10 Å². The molecular formula is C23H29N5O3. The van der Waals surface area contributed by atoms with Gasteiger partial charge in [-0.15, -0.1) is 0 Å². The predicted molar refractivity (Wildman–Crippen MR) is 120 cm³/mol. The van der Waals surface area contributed by atoms with Crippen molar-refractivity contribution in [2.24, 2.45) is 0 Å². The van der Waals surface area contributed by atoms with Crippen LogP contribution in [0.5, 0.6) is 11.5 Å². The molecule has 1 saturated heterocycles. The van der Waals surface area contributed by atoms with Gasteiger partial charge in [0.25, 0.3) is 5.91 Å². The Kier molecular flexibility index (Phi) is 5.97. The van der Waals surface area contributed by atoms with Crippen LogP contribution in [0.2, 0.25) is 0 Å². The molecule has 0 aliphatic carbocycles. The lowest BCUT2D eigenvalue weighted by Crippen LogP contribution is -2.39. The quantitative estimate of drug-likeness (QED) is 0.626. The standard InChI is InChI=1S/C23H29N5O3/c1-14(2)24-21-16-10-11-17(25-22(16)27-26-21)15-7-6-12-28(13-15)23(29)20-18(30-3)8-5-9-19(20)31-4/h5,8-11,14-15H,6-7,12-13H2,1-4H3,(H2,24,25,26,27)/t15-/m0/s1. The lowest BCUT2D eigenvalue weighted by atomic mass is 9.93. The zero-order valence-corrected chi connectivity index (χ0v) is 18.4. The first-order valence-electron chi connectivity index (χ1n) is 10.6. The van der Waals surface area contributed by atoms with Crippen LogP contribution in [-0.2, 0) is 0 Å². The Labute approximate surface area is 181 Å². The number of carbonyl (C=O) groups is 1. The molecule has 1 aliphatic rings. The molecule has 1 atom stereocenters. The summed E-state index contributed by atoms with van der Waals surface area (Å²) in [6.07, 6.45) is 1.90. The van der Waals surface area contributed by atoms with Crippen molar-refractivity contribution in [3.8, 4) is 11.5 Å². The second kappa shape index (κ2) is 8.83. The number of nitrogens with one attached hydrogen (secondary N) is 2. The molecule has 8 nitrogen and oxygen atoms in total. The van der Waals surface area contributed by atoms with Gasteiger partial charge in [-0.25, -0.2) is 4.98 Å². The van der Waals surface area contributed by atoms with E-state index in [1.165, 1.54) is 0 Å². The van der Waals surface area contributed by atoms with Crippen LogP contribution >= 0.6 is 0 Å². The molecule has 31 heavy (non-hydrogen) atoms. The van der Waals surface area contributed by atoms with Crippen molar-refractivity contribution in [3.63, 3.8) is 0 Å². The minimum absolute atomic E-state index is 0.0787. The molecular weight excluding hydrogens is 394 g/mol. The number of hydrogen-bond acceptors (Lipinski definition) is 6. The topological polar surface area (TPSA) is 92.4 Å². The summed E-state index contributed by atoms with van der Waals surface area (Å²) in [5.74, 6) is 1.94. The maximum atomic E-state index is 13.4. The molecule has 2 N–H and O–H groups in total. The van der Waals surface area contributed by atoms with Crippen molar-refractivity contribution >= 4 is 22.8 Å². The van der Waals surface area contributed by atoms with Crippen molar-refractivity contribution in [2.45, 2.75) is 38.6 Å². The van der Waals surface area contributed by atoms with Crippen LogP contribution in [0.4, 0.5) is 5.82 Å². The zero-order chi connectivity index (χ0) is 22.0. The summed E-state index contributed by atoms with van der Waals surface area (Å²) in [6.45, 7) is 5.45. The number of aromatic nitrogens is 3. The molecule has 0 bridgehead atoms. The SMILES string of the molecule is COc1cccc(OC)c1C(=O)N1CCC[C@H](c2ccc3c(NC(C)C)n[nH]c3n2)C1. The number of H-pyrrole nitrogens is 1. The van der Waals surface area contributed by atoms with E-state index < -0.39 is 0 Å². The smallest absolute Gasteiger partial charge is 0.261 e. The average molecular weight is 424 g/mol. The molecule has 0 spiro atoms. The summed E-state index contributed by atoms with van der Waals surface area (Å²) in [4.78, 5) is 20.1. The van der Waals surface area contributed by atoms with Crippen LogP contribution < -0.4 is 14.8 Å². The number of amides is 1. The number of aromatic amines is 1. The number of nitrogens with zero attached hydrogens (tertiary/aromatic N) is 3. The van der Waals surface area contributed by atoms with E-state index in [-0.39, 0.29) is 17.9 Å². The first-order valence-corrected chi connectivity index (χ1v) is 10.6. The van der Waals surface area contributed by atoms with Crippen LogP contribution in [0.1, 0.15) is 48.7 Å². The van der Waals surface area contributed by atoms with Gasteiger partial charge in [0.1, 0.15) is 17.1 Å². The molecule has 8 heteroatoms. The van der Waals surface area contributed by atoms with Gasteiger partial charge >= 0.3 is 0 Å². The molecule has 1 amide bonds. The van der Waals surface area contributed by atoms with E-state index in [9.17, 15) is 4.79 Å². The molecule has 0 unspecified atom stereocenters. The Morgan fingerprint density at radius 3 is 2.61 bits per heavy atom. The van der Waals surface area contributed by atoms with Crippen LogP contribution in [0.15, 0.2) is 30.3 Å². The number of fused-ring (bicyclic) bond motifs is 1. The number of benzene rings is 1. The van der Waals surface area contributed by atoms with E-state index in [1.54, 1.807) is 26.4 Å². The summed E-state index contributed by atoms with van der Waals surface area (Å²) >= 11 is 0. The lowest BCUT2D eigenvalue weighted by Gasteiger charge is -2.33. The number of hydrogen-bond donors (Lipinski definition) is 2. The Bertz CT molecular complexity index is 1060. The number of methoxy groups -OCH3 is 2. The predicted octanol–water partition coefficient (Wildman–Crippen LogP) is 3.82. The molecule has 0 radical (unpaired) electrons. The fourth-order valence-electron chi connectivity index (χ4n) is 4.15. The maximum absolute atomic E-state index is 13.4. The van der Waals surface area contributed by atoms with Crippen LogP contribution in [0, 0.1) is 0 Å². The Hall–Kier alpha value is -3.29. The number of carbonyl (C=O) groups excluding carboxylic acids is 1. The van der Waals surface area contributed by atoms with Crippen LogP contribution in [0.25, 0.3) is 11.0 Å². The van der Waals surface area contributed by atoms with E-state index in [0.29, 0.717) is 30.2 Å². The second-order valence-electron chi connectivity index (χ2n) is 8.13. The van der Waals surface area contributed by atoms with Gasteiger partial charge in [0.2, 0.25) is 0 Å². The summed E-state index contributed by atoms with van der Waals surface area (Å²) < 4.78 is 10.9. The largest absolute Gasteiger partial charge is 0.496 e. The van der Waals surface area contributed by atoms with Gasteiger partial charge < -0.3 is 19.7 Å². The number of piperidine rings is 1. The molecule has 1 aromatic carbocycles. The highest BCUT2D eigenvalue weighted by Crippen LogP contribution is 2.33. The summed E-state index contributed by atoms with van der Waals surface area (Å²) in [5, 5.41) is 11.7. The number of anilines is 1. The van der Waals surface area contributed by atoms with Crippen molar-refractivity contribution in [2.75, 3.05) is 32.6 Å². The number of pyridine rings is 1. The van der Waals surface area contributed by atoms with Crippen molar-refractivity contribution in [1.82, 2.24) is 20.1 Å². The molecule has 3 aromatic rings. The fraction of sp³-hybridized carbons (Fsp3) is 0.435. The molecule has 4 rings (SSSR count). The molecule has 1 fully saturated rings. The summed E-state index contributed by atoms with van der Waals surface area (Å²) in [7, 11) is 3.13. The molecule has 1 aliphatic heterocycles. The molecule has 0 saturated carbocycles. The lowest BCUT2D eigenvalue weighted by molar-refractivity contribution is 0.0699. The summed E-state index contributed by atoms with van der Waals surface area (Å²) in [5.41, 5.74) is 2.20. The van der Waals surface area contributed by atoms with Crippen molar-refractivity contribution < 1.29 is 14.3 Å². The number of ether oxygens (including phenoxy) is 2. The Morgan fingerprint density at radius 1 is 1.19 bits per heavy atom. The van der Waals surface area contributed by atoms with Crippen LogP contribution in [0.3, 0.4) is 0 Å². The van der Waals surface area contributed by atoms with Crippen LogP contribution in [-0.4, -0.2) is 59.3 Å². The van der Waals surface area contributed by atoms with E-state index in [1.807, 2.05) is 17.0 Å². The third kappa shape index (κ3) is 4.15. The highest BCUT2D eigenvalue weighted by molar-refractivity contribution is 5.99. The van der Waals surface area contributed by atoms with Gasteiger partial charge in [-0.1, -0.05) is 6.07 Å². The number of rotatable bonds is 6. The fourth-order valence-corrected chi connectivity index (χ4v) is 4.15. The van der Waals surface area contributed by atoms with Gasteiger partial charge in [0.15, 0.2) is 11.5 Å². The minimum atomic E-state index is -0.0787. The van der Waals surface area contributed by atoms with E-state index in [2.05, 4.69) is 35.4 Å². The Balaban J connectivity index is 1.57. The highest BCUT2D eigenvalue weighted by atomic mass is 16.5. The Morgan fingerprint density at radius 2 is 1.94 bits per heavy atom. The third-order valence-corrected chi connectivity index (χ3v) is 5.64. The average Bonchev–Trinajstić information content (AvgIpc) is 3.19. The minimum Gasteiger partial charge on any atom is -0.496 e. The van der Waals surface area contributed by atoms with Gasteiger partial charge in [0, 0.05) is 30.7 Å². The van der Waals surface area contributed by atoms with Crippen molar-refractivity contribution in [1.29, 1.82) is 0 Å². The first kappa shape index (κ1) is 21.0. The van der Waals surface area contributed by atoms with Crippen molar-refractivity contribution in [3.05, 3.63) is 41.6 Å². The normalized spacial score (nSPS) is 16.5. The van der Waals surface area contributed by atoms with Gasteiger partial charge in [0.05, 0.1) is 19.6 Å². The molecule has 164 valence electrons. The molecule has 2 aromatic heterocycles. The second-order valence-corrected chi connectivity index (χ2v) is 8.13. The monoisotopic (exact) mass is 423 g/mol. The third-order valence-electron chi connectivity index (χ3n) is 5.64. The van der Waals surface area contributed by atoms with Gasteiger partial charge in [-0.3, -0.25) is 9.89 Å². The highest BCUT2D eigenvalue weighted by Gasteiger charge is 2.30.